The quantitative estimate of drug-likeness (QED) is 0.492. The van der Waals surface area contributed by atoms with Crippen LogP contribution < -0.4 is 14.9 Å². The van der Waals surface area contributed by atoms with Crippen LogP contribution in [0.5, 0.6) is 17.2 Å². The summed E-state index contributed by atoms with van der Waals surface area (Å²) in [5.41, 5.74) is -0.123. The molecular weight excluding hydrogens is 348 g/mol. The summed E-state index contributed by atoms with van der Waals surface area (Å²) in [7, 11) is 0. The van der Waals surface area contributed by atoms with E-state index in [9.17, 15) is 9.59 Å². The fourth-order valence-electron chi connectivity index (χ4n) is 2.11. The Bertz CT molecular complexity index is 979. The van der Waals surface area contributed by atoms with Gasteiger partial charge in [0.15, 0.2) is 0 Å². The third-order valence-corrected chi connectivity index (χ3v) is 3.55. The molecule has 3 aromatic rings. The Morgan fingerprint density at radius 2 is 1.96 bits per heavy atom. The van der Waals surface area contributed by atoms with Crippen LogP contribution in [0.15, 0.2) is 57.9 Å². The first kappa shape index (κ1) is 16.9. The highest BCUT2D eigenvalue weighted by Crippen LogP contribution is 2.28. The van der Waals surface area contributed by atoms with Crippen molar-refractivity contribution in [3.63, 3.8) is 0 Å². The van der Waals surface area contributed by atoms with Crippen LogP contribution in [0.25, 0.3) is 11.0 Å². The number of carbonyl (C=O) groups is 1. The van der Waals surface area contributed by atoms with Gasteiger partial charge in [-0.2, -0.15) is 0 Å². The summed E-state index contributed by atoms with van der Waals surface area (Å²) >= 11 is 6.02. The molecule has 6 nitrogen and oxygen atoms in total. The number of hydrogen-bond acceptors (Lipinski definition) is 6. The minimum absolute atomic E-state index is 0.000314. The predicted octanol–water partition coefficient (Wildman–Crippen LogP) is 4.77. The van der Waals surface area contributed by atoms with Gasteiger partial charge in [0.1, 0.15) is 23.3 Å². The molecule has 0 aliphatic carbocycles. The van der Waals surface area contributed by atoms with Crippen molar-refractivity contribution in [2.45, 2.75) is 6.92 Å². The first-order valence-electron chi connectivity index (χ1n) is 7.41. The zero-order valence-corrected chi connectivity index (χ0v) is 13.9. The molecule has 0 saturated heterocycles. The van der Waals surface area contributed by atoms with Crippen molar-refractivity contribution in [1.82, 2.24) is 0 Å². The number of halogens is 1. The molecule has 1 aromatic heterocycles. The van der Waals surface area contributed by atoms with Gasteiger partial charge in [0, 0.05) is 6.07 Å². The van der Waals surface area contributed by atoms with Crippen LogP contribution in [0, 0.1) is 0 Å². The molecule has 7 heteroatoms. The first-order valence-corrected chi connectivity index (χ1v) is 7.79. The number of hydrogen-bond donors (Lipinski definition) is 0. The van der Waals surface area contributed by atoms with E-state index in [1.54, 1.807) is 31.2 Å². The molecular formula is C18H13ClO6. The van der Waals surface area contributed by atoms with E-state index in [0.29, 0.717) is 10.8 Å². The van der Waals surface area contributed by atoms with Gasteiger partial charge in [0.05, 0.1) is 17.0 Å². The van der Waals surface area contributed by atoms with Crippen LogP contribution in [0.1, 0.15) is 6.92 Å². The lowest BCUT2D eigenvalue weighted by molar-refractivity contribution is 0.104. The number of para-hydroxylation sites is 1. The van der Waals surface area contributed by atoms with Gasteiger partial charge in [-0.1, -0.05) is 23.7 Å². The van der Waals surface area contributed by atoms with Crippen molar-refractivity contribution in [3.05, 3.63) is 64.0 Å². The van der Waals surface area contributed by atoms with Crippen LogP contribution in [0.2, 0.25) is 5.02 Å². The van der Waals surface area contributed by atoms with Crippen LogP contribution in [-0.4, -0.2) is 12.8 Å². The minimum Gasteiger partial charge on any atom is -0.460 e. The Labute approximate surface area is 147 Å². The second kappa shape index (κ2) is 7.27. The highest BCUT2D eigenvalue weighted by molar-refractivity contribution is 6.32. The van der Waals surface area contributed by atoms with Crippen molar-refractivity contribution < 1.29 is 23.4 Å². The Morgan fingerprint density at radius 3 is 2.72 bits per heavy atom. The third-order valence-electron chi connectivity index (χ3n) is 3.23. The van der Waals surface area contributed by atoms with Gasteiger partial charge in [-0.3, -0.25) is 4.79 Å². The minimum atomic E-state index is -0.831. The van der Waals surface area contributed by atoms with E-state index in [2.05, 4.69) is 0 Å². The molecule has 25 heavy (non-hydrogen) atoms. The summed E-state index contributed by atoms with van der Waals surface area (Å²) in [6.07, 6.45) is 0.352. The van der Waals surface area contributed by atoms with Crippen LogP contribution in [0.4, 0.5) is 4.79 Å². The van der Waals surface area contributed by atoms with Crippen molar-refractivity contribution in [2.24, 2.45) is 0 Å². The molecule has 0 bridgehead atoms. The van der Waals surface area contributed by atoms with E-state index in [1.807, 2.05) is 0 Å². The standard InChI is InChI=1S/C18H13ClO6/c1-2-22-18(21)24-11-7-8-12-15(9-11)23-10-16(17(12)20)25-14-6-4-3-5-13(14)19/h3-10H,2H2,1H3. The molecule has 0 spiro atoms. The zero-order chi connectivity index (χ0) is 17.8. The number of carbonyl (C=O) groups excluding carboxylic acids is 1. The van der Waals surface area contributed by atoms with Gasteiger partial charge in [-0.05, 0) is 31.2 Å². The Kier molecular flexibility index (Phi) is 4.90. The summed E-state index contributed by atoms with van der Waals surface area (Å²) in [6, 6.07) is 11.2. The molecule has 3 rings (SSSR count). The molecule has 0 amide bonds. The lowest BCUT2D eigenvalue weighted by atomic mass is 10.2. The van der Waals surface area contributed by atoms with Crippen LogP contribution >= 0.6 is 11.6 Å². The fraction of sp³-hybridized carbons (Fsp3) is 0.111. The van der Waals surface area contributed by atoms with Gasteiger partial charge in [0.2, 0.25) is 11.2 Å². The third kappa shape index (κ3) is 3.75. The molecule has 0 N–H and O–H groups in total. The van der Waals surface area contributed by atoms with Gasteiger partial charge < -0.3 is 18.6 Å². The first-order chi connectivity index (χ1) is 12.1. The molecule has 0 fully saturated rings. The Balaban J connectivity index is 1.91. The van der Waals surface area contributed by atoms with Gasteiger partial charge in [-0.25, -0.2) is 4.79 Å². The van der Waals surface area contributed by atoms with Crippen molar-refractivity contribution in [1.29, 1.82) is 0 Å². The molecule has 0 aliphatic rings. The summed E-state index contributed by atoms with van der Waals surface area (Å²) in [4.78, 5) is 23.9. The van der Waals surface area contributed by atoms with Crippen LogP contribution in [0.3, 0.4) is 0 Å². The molecule has 128 valence electrons. The van der Waals surface area contributed by atoms with Gasteiger partial charge in [0.25, 0.3) is 0 Å². The smallest absolute Gasteiger partial charge is 0.460 e. The van der Waals surface area contributed by atoms with E-state index in [1.165, 1.54) is 24.5 Å². The molecule has 0 atom stereocenters. The number of rotatable bonds is 4. The van der Waals surface area contributed by atoms with E-state index in [0.717, 1.165) is 0 Å². The molecule has 2 aromatic carbocycles. The van der Waals surface area contributed by atoms with Crippen molar-refractivity contribution in [2.75, 3.05) is 6.61 Å². The summed E-state index contributed by atoms with van der Waals surface area (Å²) < 4.78 is 20.6. The van der Waals surface area contributed by atoms with Crippen molar-refractivity contribution in [3.8, 4) is 17.2 Å². The predicted molar refractivity (Wildman–Crippen MR) is 91.7 cm³/mol. The van der Waals surface area contributed by atoms with Gasteiger partial charge in [-0.15, -0.1) is 0 Å². The molecule has 0 aliphatic heterocycles. The number of fused-ring (bicyclic) bond motifs is 1. The SMILES string of the molecule is CCOC(=O)Oc1ccc2c(=O)c(Oc3ccccc3Cl)coc2c1. The highest BCUT2D eigenvalue weighted by Gasteiger charge is 2.13. The van der Waals surface area contributed by atoms with Crippen molar-refractivity contribution >= 4 is 28.7 Å². The van der Waals surface area contributed by atoms with E-state index in [-0.39, 0.29) is 34.5 Å². The largest absolute Gasteiger partial charge is 0.513 e. The second-order valence-electron chi connectivity index (χ2n) is 4.90. The maximum Gasteiger partial charge on any atom is 0.513 e. The highest BCUT2D eigenvalue weighted by atomic mass is 35.5. The summed E-state index contributed by atoms with van der Waals surface area (Å²) in [6.45, 7) is 1.87. The lowest BCUT2D eigenvalue weighted by Crippen LogP contribution is -2.10. The Morgan fingerprint density at radius 1 is 1.16 bits per heavy atom. The normalized spacial score (nSPS) is 10.5. The van der Waals surface area contributed by atoms with Crippen LogP contribution in [-0.2, 0) is 4.74 Å². The maximum atomic E-state index is 12.5. The second-order valence-corrected chi connectivity index (χ2v) is 5.31. The maximum absolute atomic E-state index is 12.5. The molecule has 0 radical (unpaired) electrons. The zero-order valence-electron chi connectivity index (χ0n) is 13.2. The average Bonchev–Trinajstić information content (AvgIpc) is 2.59. The monoisotopic (exact) mass is 360 g/mol. The van der Waals surface area contributed by atoms with E-state index in [4.69, 9.17) is 30.2 Å². The lowest BCUT2D eigenvalue weighted by Gasteiger charge is -2.08. The van der Waals surface area contributed by atoms with E-state index < -0.39 is 6.16 Å². The summed E-state index contributed by atoms with van der Waals surface area (Å²) in [5.74, 6) is 0.548. The average molecular weight is 361 g/mol. The number of benzene rings is 2. The molecule has 0 unspecified atom stereocenters. The fourth-order valence-corrected chi connectivity index (χ4v) is 2.29. The topological polar surface area (TPSA) is 75.0 Å². The number of ether oxygens (including phenoxy) is 3. The Hall–Kier alpha value is -2.99. The molecule has 1 heterocycles. The summed E-state index contributed by atoms with van der Waals surface area (Å²) in [5, 5.41) is 0.654. The van der Waals surface area contributed by atoms with Gasteiger partial charge >= 0.3 is 6.16 Å². The van der Waals surface area contributed by atoms with E-state index >= 15 is 0 Å². The molecule has 0 saturated carbocycles.